The fourth-order valence-electron chi connectivity index (χ4n) is 5.04. The molecular formula is C41H72NO9P. The molecule has 0 aromatic carbocycles. The van der Waals surface area contributed by atoms with Gasteiger partial charge < -0.3 is 25.2 Å². The summed E-state index contributed by atoms with van der Waals surface area (Å²) in [5.74, 6) is -0.924. The molecular weight excluding hydrogens is 681 g/mol. The van der Waals surface area contributed by atoms with Gasteiger partial charge in [0.25, 0.3) is 0 Å². The number of phosphoric acid groups is 1. The first-order valence-corrected chi connectivity index (χ1v) is 21.4. The van der Waals surface area contributed by atoms with E-state index in [9.17, 15) is 24.2 Å². The van der Waals surface area contributed by atoms with Crippen LogP contribution >= 0.6 is 7.82 Å². The highest BCUT2D eigenvalue weighted by atomic mass is 31.2. The van der Waals surface area contributed by atoms with Gasteiger partial charge in [0, 0.05) is 19.4 Å². The van der Waals surface area contributed by atoms with E-state index in [1.54, 1.807) is 0 Å². The van der Waals surface area contributed by atoms with Crippen LogP contribution in [0.5, 0.6) is 0 Å². The minimum absolute atomic E-state index is 0.0378. The Hall–Kier alpha value is -2.33. The fraction of sp³-hybridized carbons (Fsp3) is 0.707. The Morgan fingerprint density at radius 3 is 1.90 bits per heavy atom. The molecule has 0 heterocycles. The maximum absolute atomic E-state index is 12.5. The topological polar surface area (TPSA) is 155 Å². The maximum atomic E-state index is 12.5. The molecule has 0 aliphatic rings. The summed E-state index contributed by atoms with van der Waals surface area (Å²) in [6, 6.07) is 0. The van der Waals surface area contributed by atoms with Gasteiger partial charge in [-0.15, -0.1) is 0 Å². The summed E-state index contributed by atoms with van der Waals surface area (Å²) in [4.78, 5) is 34.7. The van der Waals surface area contributed by atoms with Gasteiger partial charge in [0.1, 0.15) is 6.61 Å². The van der Waals surface area contributed by atoms with Gasteiger partial charge in [-0.25, -0.2) is 4.57 Å². The van der Waals surface area contributed by atoms with Crippen molar-refractivity contribution in [2.24, 2.45) is 5.73 Å². The summed E-state index contributed by atoms with van der Waals surface area (Å²) >= 11 is 0. The number of hydrogen-bond acceptors (Lipinski definition) is 9. The van der Waals surface area contributed by atoms with Crippen LogP contribution in [0.25, 0.3) is 0 Å². The third-order valence-corrected chi connectivity index (χ3v) is 8.98. The zero-order valence-corrected chi connectivity index (χ0v) is 33.3. The second-order valence-corrected chi connectivity index (χ2v) is 14.4. The number of carbonyl (C=O) groups is 2. The van der Waals surface area contributed by atoms with Gasteiger partial charge in [-0.2, -0.15) is 0 Å². The molecule has 0 fully saturated rings. The summed E-state index contributed by atoms with van der Waals surface area (Å²) < 4.78 is 32.6. The quantitative estimate of drug-likeness (QED) is 0.0185. The summed E-state index contributed by atoms with van der Waals surface area (Å²) in [7, 11) is -4.39. The van der Waals surface area contributed by atoms with Gasteiger partial charge in [0.05, 0.1) is 19.3 Å². The van der Waals surface area contributed by atoms with Crippen molar-refractivity contribution in [2.75, 3.05) is 26.4 Å². The number of phosphoric ester groups is 1. The lowest BCUT2D eigenvalue weighted by molar-refractivity contribution is -0.161. The van der Waals surface area contributed by atoms with Gasteiger partial charge >= 0.3 is 19.8 Å². The van der Waals surface area contributed by atoms with Crippen molar-refractivity contribution in [1.29, 1.82) is 0 Å². The molecule has 0 aliphatic carbocycles. The van der Waals surface area contributed by atoms with Crippen LogP contribution < -0.4 is 5.73 Å². The average molecular weight is 754 g/mol. The maximum Gasteiger partial charge on any atom is 0.472 e. The second kappa shape index (κ2) is 37.0. The molecule has 4 N–H and O–H groups in total. The Bertz CT molecular complexity index is 1060. The number of unbranched alkanes of at least 4 members (excludes halogenated alkanes) is 13. The lowest BCUT2D eigenvalue weighted by Gasteiger charge is -2.19. The van der Waals surface area contributed by atoms with Crippen LogP contribution in [0.4, 0.5) is 0 Å². The lowest BCUT2D eigenvalue weighted by atomic mass is 10.0. The number of allylic oxidation sites excluding steroid dienone is 8. The molecule has 0 aromatic rings. The van der Waals surface area contributed by atoms with E-state index in [2.05, 4.69) is 19.1 Å². The van der Waals surface area contributed by atoms with Crippen molar-refractivity contribution in [2.45, 2.75) is 161 Å². The number of aliphatic hydroxyl groups is 1. The first kappa shape index (κ1) is 49.7. The van der Waals surface area contributed by atoms with Crippen LogP contribution in [0.3, 0.4) is 0 Å². The van der Waals surface area contributed by atoms with E-state index < -0.39 is 38.6 Å². The first-order valence-electron chi connectivity index (χ1n) is 19.9. The van der Waals surface area contributed by atoms with Crippen LogP contribution in [0, 0.1) is 0 Å². The van der Waals surface area contributed by atoms with Crippen molar-refractivity contribution >= 4 is 19.8 Å². The molecule has 0 saturated carbocycles. The third-order valence-electron chi connectivity index (χ3n) is 7.99. The average Bonchev–Trinajstić information content (AvgIpc) is 3.13. The predicted octanol–water partition coefficient (Wildman–Crippen LogP) is 9.91. The predicted molar refractivity (Wildman–Crippen MR) is 212 cm³/mol. The third kappa shape index (κ3) is 36.0. The SMILES string of the molecule is CC/C=C\C(O)C/C=C/C=C\C/C=C\C/C=C\CCCC(=O)OC[C@H](COP(=O)(O)OCCN)OC(=O)CCCCCCCCCCCCCCC. The lowest BCUT2D eigenvalue weighted by Crippen LogP contribution is -2.29. The molecule has 0 bridgehead atoms. The normalized spacial score (nSPS) is 14.6. The second-order valence-electron chi connectivity index (χ2n) is 13.0. The Labute approximate surface area is 315 Å². The number of aliphatic hydroxyl groups excluding tert-OH is 1. The van der Waals surface area contributed by atoms with Crippen LogP contribution in [-0.4, -0.2) is 60.5 Å². The summed E-state index contributed by atoms with van der Waals surface area (Å²) in [6.45, 7) is 3.40. The molecule has 11 heteroatoms. The highest BCUT2D eigenvalue weighted by Gasteiger charge is 2.25. The van der Waals surface area contributed by atoms with E-state index in [0.29, 0.717) is 25.7 Å². The molecule has 0 saturated heterocycles. The van der Waals surface area contributed by atoms with Crippen LogP contribution in [-0.2, 0) is 32.7 Å². The minimum Gasteiger partial charge on any atom is -0.462 e. The first-order chi connectivity index (χ1) is 25.2. The van der Waals surface area contributed by atoms with Crippen molar-refractivity contribution in [3.05, 3.63) is 60.8 Å². The largest absolute Gasteiger partial charge is 0.472 e. The van der Waals surface area contributed by atoms with Gasteiger partial charge in [-0.05, 0) is 44.9 Å². The molecule has 2 unspecified atom stereocenters. The van der Waals surface area contributed by atoms with Gasteiger partial charge in [0.2, 0.25) is 0 Å². The van der Waals surface area contributed by atoms with Crippen LogP contribution in [0.15, 0.2) is 60.8 Å². The number of hydrogen-bond donors (Lipinski definition) is 3. The molecule has 10 nitrogen and oxygen atoms in total. The summed E-state index contributed by atoms with van der Waals surface area (Å²) in [5.41, 5.74) is 5.33. The van der Waals surface area contributed by atoms with Crippen LogP contribution in [0.2, 0.25) is 0 Å². The zero-order valence-electron chi connectivity index (χ0n) is 32.4. The number of carbonyl (C=O) groups excluding carboxylic acids is 2. The van der Waals surface area contributed by atoms with Crippen LogP contribution in [0.1, 0.15) is 149 Å². The van der Waals surface area contributed by atoms with Crippen molar-refractivity contribution in [3.63, 3.8) is 0 Å². The summed E-state index contributed by atoms with van der Waals surface area (Å²) in [5, 5.41) is 9.74. The number of ether oxygens (including phenoxy) is 2. The van der Waals surface area contributed by atoms with E-state index in [-0.39, 0.29) is 32.6 Å². The highest BCUT2D eigenvalue weighted by molar-refractivity contribution is 7.47. The number of rotatable bonds is 36. The monoisotopic (exact) mass is 753 g/mol. The van der Waals surface area contributed by atoms with E-state index in [1.807, 2.05) is 55.5 Å². The van der Waals surface area contributed by atoms with E-state index in [1.165, 1.54) is 57.8 Å². The van der Waals surface area contributed by atoms with Crippen molar-refractivity contribution in [3.8, 4) is 0 Å². The standard InChI is InChI=1S/C41H72NO9P/c1-3-5-7-8-9-10-11-12-17-20-23-26-29-33-41(45)51-39(37-50-52(46,47)49-35-34-42)36-48-40(44)32-28-25-22-19-16-14-13-15-18-21-24-27-31-38(43)30-6-4-2/h6,13-14,18-19,21-22,24,27,30,38-39,43H,3-5,7-12,15-17,20,23,25-26,28-29,31-37,42H2,1-2H3,(H,46,47)/b14-13-,21-18-,22-19-,27-24+,30-6-/t38?,39-/m1/s1. The molecule has 52 heavy (non-hydrogen) atoms. The zero-order chi connectivity index (χ0) is 38.4. The van der Waals surface area contributed by atoms with E-state index in [0.717, 1.165) is 38.5 Å². The smallest absolute Gasteiger partial charge is 0.462 e. The van der Waals surface area contributed by atoms with Gasteiger partial charge in [0.15, 0.2) is 6.10 Å². The Morgan fingerprint density at radius 1 is 0.692 bits per heavy atom. The molecule has 0 radical (unpaired) electrons. The molecule has 0 amide bonds. The Balaban J connectivity index is 4.34. The van der Waals surface area contributed by atoms with E-state index in [4.69, 9.17) is 24.3 Å². The number of nitrogens with two attached hydrogens (primary N) is 1. The van der Waals surface area contributed by atoms with Crippen molar-refractivity contribution in [1.82, 2.24) is 0 Å². The summed E-state index contributed by atoms with van der Waals surface area (Å²) in [6.07, 6.45) is 38.8. The molecule has 0 spiro atoms. The molecule has 300 valence electrons. The Kier molecular flexibility index (Phi) is 35.3. The van der Waals surface area contributed by atoms with Gasteiger partial charge in [-0.3, -0.25) is 18.6 Å². The van der Waals surface area contributed by atoms with Gasteiger partial charge in [-0.1, -0.05) is 152 Å². The van der Waals surface area contributed by atoms with Crippen molar-refractivity contribution < 1.29 is 42.7 Å². The minimum atomic E-state index is -4.39. The molecule has 0 rings (SSSR count). The molecule has 0 aromatic heterocycles. The van der Waals surface area contributed by atoms with E-state index >= 15 is 0 Å². The fourth-order valence-corrected chi connectivity index (χ4v) is 5.81. The number of esters is 2. The molecule has 3 atom stereocenters. The highest BCUT2D eigenvalue weighted by Crippen LogP contribution is 2.43. The molecule has 0 aliphatic heterocycles. The Morgan fingerprint density at radius 2 is 1.27 bits per heavy atom.